The lowest BCUT2D eigenvalue weighted by molar-refractivity contribution is 0.0527. The Morgan fingerprint density at radius 3 is 2.52 bits per heavy atom. The summed E-state index contributed by atoms with van der Waals surface area (Å²) >= 11 is 0. The van der Waals surface area contributed by atoms with E-state index in [0.717, 1.165) is 5.56 Å². The number of carbonyl (C=O) groups excluding carboxylic acids is 2. The van der Waals surface area contributed by atoms with Gasteiger partial charge in [0, 0.05) is 6.20 Å². The van der Waals surface area contributed by atoms with Gasteiger partial charge in [-0.3, -0.25) is 4.79 Å². The second-order valence-electron chi connectivity index (χ2n) is 6.26. The van der Waals surface area contributed by atoms with Crippen molar-refractivity contribution in [2.24, 2.45) is 0 Å². The Balaban J connectivity index is 1.74. The molecule has 1 amide bonds. The molecule has 2 N–H and O–H groups in total. The van der Waals surface area contributed by atoms with Crippen LogP contribution < -0.4 is 10.6 Å². The van der Waals surface area contributed by atoms with Crippen molar-refractivity contribution >= 4 is 23.5 Å². The number of nitrogens with one attached hydrogen (secondary N) is 2. The Hall–Kier alpha value is -3.74. The Morgan fingerprint density at radius 1 is 1.03 bits per heavy atom. The topological polar surface area (TPSA) is 93.2 Å². The quantitative estimate of drug-likeness (QED) is 0.591. The summed E-state index contributed by atoms with van der Waals surface area (Å²) in [5, 5.41) is 5.91. The van der Waals surface area contributed by atoms with Crippen LogP contribution in [-0.4, -0.2) is 28.5 Å². The molecule has 0 aliphatic heterocycles. The Kier molecular flexibility index (Phi) is 6.52. The standard InChI is InChI=1S/C22H22N4O3/c1-3-29-21(28)17-11-7-8-12-18(17)25-20(27)19-13-14-23-22(26-19)24-15(2)16-9-5-4-6-10-16/h4-15H,3H2,1-2H3,(H,25,27)(H,23,24,26). The van der Waals surface area contributed by atoms with Crippen LogP contribution in [0.2, 0.25) is 0 Å². The van der Waals surface area contributed by atoms with Crippen LogP contribution in [0.3, 0.4) is 0 Å². The Labute approximate surface area is 169 Å². The van der Waals surface area contributed by atoms with Crippen LogP contribution in [0.15, 0.2) is 66.9 Å². The highest BCUT2D eigenvalue weighted by Crippen LogP contribution is 2.19. The molecule has 1 unspecified atom stereocenters. The lowest BCUT2D eigenvalue weighted by Gasteiger charge is -2.14. The van der Waals surface area contributed by atoms with E-state index in [1.807, 2.05) is 37.3 Å². The number of benzene rings is 2. The van der Waals surface area contributed by atoms with Gasteiger partial charge in [0.2, 0.25) is 5.95 Å². The number of para-hydroxylation sites is 1. The zero-order chi connectivity index (χ0) is 20.6. The van der Waals surface area contributed by atoms with E-state index in [9.17, 15) is 9.59 Å². The summed E-state index contributed by atoms with van der Waals surface area (Å²) in [4.78, 5) is 33.2. The third-order valence-electron chi connectivity index (χ3n) is 4.20. The predicted molar refractivity (Wildman–Crippen MR) is 111 cm³/mol. The van der Waals surface area contributed by atoms with Crippen molar-refractivity contribution in [3.05, 3.63) is 83.7 Å². The molecule has 3 rings (SSSR count). The molecule has 0 bridgehead atoms. The van der Waals surface area contributed by atoms with Crippen molar-refractivity contribution in [2.75, 3.05) is 17.2 Å². The molecule has 2 aromatic carbocycles. The summed E-state index contributed by atoms with van der Waals surface area (Å²) in [5.74, 6) is -0.600. The number of hydrogen-bond donors (Lipinski definition) is 2. The number of amides is 1. The lowest BCUT2D eigenvalue weighted by Crippen LogP contribution is -2.18. The second-order valence-corrected chi connectivity index (χ2v) is 6.26. The van der Waals surface area contributed by atoms with Crippen molar-refractivity contribution in [2.45, 2.75) is 19.9 Å². The molecule has 1 atom stereocenters. The molecular formula is C22H22N4O3. The first-order chi connectivity index (χ1) is 14.1. The lowest BCUT2D eigenvalue weighted by atomic mass is 10.1. The molecule has 1 aromatic heterocycles. The van der Waals surface area contributed by atoms with E-state index in [0.29, 0.717) is 11.6 Å². The van der Waals surface area contributed by atoms with Crippen LogP contribution in [0.1, 0.15) is 46.3 Å². The van der Waals surface area contributed by atoms with Crippen molar-refractivity contribution < 1.29 is 14.3 Å². The van der Waals surface area contributed by atoms with Gasteiger partial charge in [-0.2, -0.15) is 0 Å². The molecule has 0 saturated carbocycles. The van der Waals surface area contributed by atoms with Gasteiger partial charge in [0.05, 0.1) is 23.9 Å². The molecule has 0 aliphatic carbocycles. The molecule has 0 aliphatic rings. The number of anilines is 2. The van der Waals surface area contributed by atoms with Crippen molar-refractivity contribution in [3.63, 3.8) is 0 Å². The molecule has 0 radical (unpaired) electrons. The third kappa shape index (κ3) is 5.16. The molecule has 0 fully saturated rings. The average Bonchev–Trinajstić information content (AvgIpc) is 2.75. The van der Waals surface area contributed by atoms with Gasteiger partial charge < -0.3 is 15.4 Å². The Bertz CT molecular complexity index is 992. The first-order valence-corrected chi connectivity index (χ1v) is 9.30. The first-order valence-electron chi connectivity index (χ1n) is 9.30. The van der Waals surface area contributed by atoms with Gasteiger partial charge in [-0.15, -0.1) is 0 Å². The normalized spacial score (nSPS) is 11.4. The van der Waals surface area contributed by atoms with Crippen LogP contribution in [-0.2, 0) is 4.74 Å². The number of ether oxygens (including phenoxy) is 1. The van der Waals surface area contributed by atoms with Gasteiger partial charge in [0.15, 0.2) is 0 Å². The SMILES string of the molecule is CCOC(=O)c1ccccc1NC(=O)c1ccnc(NC(C)c2ccccc2)n1. The molecule has 7 heteroatoms. The summed E-state index contributed by atoms with van der Waals surface area (Å²) < 4.78 is 5.03. The summed E-state index contributed by atoms with van der Waals surface area (Å²) in [6.07, 6.45) is 1.51. The van der Waals surface area contributed by atoms with Crippen molar-refractivity contribution in [1.29, 1.82) is 0 Å². The molecule has 3 aromatic rings. The minimum Gasteiger partial charge on any atom is -0.462 e. The van der Waals surface area contributed by atoms with E-state index in [2.05, 4.69) is 20.6 Å². The van der Waals surface area contributed by atoms with Crippen LogP contribution in [0.5, 0.6) is 0 Å². The predicted octanol–water partition coefficient (Wildman–Crippen LogP) is 4.08. The third-order valence-corrected chi connectivity index (χ3v) is 4.20. The zero-order valence-corrected chi connectivity index (χ0v) is 16.3. The smallest absolute Gasteiger partial charge is 0.340 e. The fraction of sp³-hybridized carbons (Fsp3) is 0.182. The molecule has 29 heavy (non-hydrogen) atoms. The van der Waals surface area contributed by atoms with Crippen LogP contribution in [0.4, 0.5) is 11.6 Å². The highest BCUT2D eigenvalue weighted by Gasteiger charge is 2.16. The van der Waals surface area contributed by atoms with E-state index in [1.165, 1.54) is 12.3 Å². The van der Waals surface area contributed by atoms with E-state index in [4.69, 9.17) is 4.74 Å². The van der Waals surface area contributed by atoms with Gasteiger partial charge in [-0.05, 0) is 37.6 Å². The number of esters is 1. The molecule has 0 spiro atoms. The number of aromatic nitrogens is 2. The summed E-state index contributed by atoms with van der Waals surface area (Å²) in [7, 11) is 0. The molecular weight excluding hydrogens is 368 g/mol. The summed E-state index contributed by atoms with van der Waals surface area (Å²) in [6.45, 7) is 3.97. The Morgan fingerprint density at radius 2 is 1.76 bits per heavy atom. The van der Waals surface area contributed by atoms with E-state index in [1.54, 1.807) is 31.2 Å². The number of rotatable bonds is 7. The fourth-order valence-corrected chi connectivity index (χ4v) is 2.74. The minimum absolute atomic E-state index is 0.0287. The van der Waals surface area contributed by atoms with Crippen molar-refractivity contribution in [1.82, 2.24) is 9.97 Å². The molecule has 7 nitrogen and oxygen atoms in total. The molecule has 0 saturated heterocycles. The van der Waals surface area contributed by atoms with E-state index < -0.39 is 11.9 Å². The van der Waals surface area contributed by atoms with Gasteiger partial charge in [0.25, 0.3) is 5.91 Å². The van der Waals surface area contributed by atoms with Gasteiger partial charge >= 0.3 is 5.97 Å². The number of carbonyl (C=O) groups is 2. The molecule has 148 valence electrons. The van der Waals surface area contributed by atoms with E-state index in [-0.39, 0.29) is 23.9 Å². The largest absolute Gasteiger partial charge is 0.462 e. The maximum Gasteiger partial charge on any atom is 0.340 e. The fourth-order valence-electron chi connectivity index (χ4n) is 2.74. The zero-order valence-electron chi connectivity index (χ0n) is 16.3. The van der Waals surface area contributed by atoms with E-state index >= 15 is 0 Å². The highest BCUT2D eigenvalue weighted by molar-refractivity contribution is 6.07. The summed E-state index contributed by atoms with van der Waals surface area (Å²) in [6, 6.07) is 18.0. The monoisotopic (exact) mass is 390 g/mol. The summed E-state index contributed by atoms with van der Waals surface area (Å²) in [5.41, 5.74) is 1.91. The highest BCUT2D eigenvalue weighted by atomic mass is 16.5. The number of nitrogens with zero attached hydrogens (tertiary/aromatic N) is 2. The average molecular weight is 390 g/mol. The molecule has 1 heterocycles. The van der Waals surface area contributed by atoms with Gasteiger partial charge in [-0.1, -0.05) is 42.5 Å². The first kappa shape index (κ1) is 20.0. The van der Waals surface area contributed by atoms with Crippen molar-refractivity contribution in [3.8, 4) is 0 Å². The number of hydrogen-bond acceptors (Lipinski definition) is 6. The second kappa shape index (κ2) is 9.45. The van der Waals surface area contributed by atoms with Gasteiger partial charge in [-0.25, -0.2) is 14.8 Å². The van der Waals surface area contributed by atoms with Crippen LogP contribution >= 0.6 is 0 Å². The minimum atomic E-state index is -0.495. The van der Waals surface area contributed by atoms with Crippen LogP contribution in [0.25, 0.3) is 0 Å². The maximum absolute atomic E-state index is 12.7. The van der Waals surface area contributed by atoms with Gasteiger partial charge in [0.1, 0.15) is 5.69 Å². The maximum atomic E-state index is 12.7. The van der Waals surface area contributed by atoms with Crippen LogP contribution in [0, 0.1) is 0 Å².